The van der Waals surface area contributed by atoms with E-state index in [1.165, 1.54) is 23.5 Å². The van der Waals surface area contributed by atoms with Gasteiger partial charge in [0, 0.05) is 23.9 Å². The number of nitrogens with one attached hydrogen (secondary N) is 1. The van der Waals surface area contributed by atoms with Crippen molar-refractivity contribution < 1.29 is 18.8 Å². The largest absolute Gasteiger partial charge is 0.354 e. The molecule has 1 aliphatic rings. The number of aromatic nitrogens is 3. The van der Waals surface area contributed by atoms with Crippen LogP contribution in [0.15, 0.2) is 53.9 Å². The number of benzene rings is 2. The van der Waals surface area contributed by atoms with Gasteiger partial charge in [0.2, 0.25) is 10.9 Å². The summed E-state index contributed by atoms with van der Waals surface area (Å²) in [4.78, 5) is 43.1. The average Bonchev–Trinajstić information content (AvgIpc) is 3.44. The van der Waals surface area contributed by atoms with E-state index in [-0.39, 0.29) is 12.4 Å². The Labute approximate surface area is 185 Å². The molecule has 0 saturated carbocycles. The fourth-order valence-corrected chi connectivity index (χ4v) is 4.41. The topological polar surface area (TPSA) is 96.7 Å². The van der Waals surface area contributed by atoms with Gasteiger partial charge in [-0.05, 0) is 24.3 Å². The highest BCUT2D eigenvalue weighted by molar-refractivity contribution is 7.15. The van der Waals surface area contributed by atoms with Crippen LogP contribution >= 0.6 is 11.3 Å². The van der Waals surface area contributed by atoms with E-state index in [1.807, 2.05) is 5.38 Å². The van der Waals surface area contributed by atoms with Crippen LogP contribution in [0.5, 0.6) is 0 Å². The monoisotopic (exact) mass is 449 g/mol. The highest BCUT2D eigenvalue weighted by atomic mass is 32.1. The molecule has 2 aromatic carbocycles. The molecule has 0 atom stereocenters. The molecule has 3 amide bonds. The second-order valence-corrected chi connectivity index (χ2v) is 8.05. The van der Waals surface area contributed by atoms with Gasteiger partial charge in [-0.3, -0.25) is 19.3 Å². The number of thiazole rings is 1. The summed E-state index contributed by atoms with van der Waals surface area (Å²) < 4.78 is 15.1. The third kappa shape index (κ3) is 3.54. The third-order valence-electron chi connectivity index (χ3n) is 5.12. The van der Waals surface area contributed by atoms with Crippen LogP contribution in [0, 0.1) is 5.82 Å². The number of nitrogens with zero attached hydrogens (tertiary/aromatic N) is 4. The number of fused-ring (bicyclic) bond motifs is 2. The minimum absolute atomic E-state index is 0.295. The van der Waals surface area contributed by atoms with Gasteiger partial charge in [-0.25, -0.2) is 8.91 Å². The Balaban J connectivity index is 1.21. The van der Waals surface area contributed by atoms with Crippen LogP contribution in [0.4, 0.5) is 4.39 Å². The maximum absolute atomic E-state index is 13.5. The fourth-order valence-electron chi connectivity index (χ4n) is 3.56. The number of halogens is 1. The number of hydrogen-bond acceptors (Lipinski definition) is 6. The van der Waals surface area contributed by atoms with Crippen LogP contribution in [-0.4, -0.2) is 50.3 Å². The number of carbonyl (C=O) groups excluding carboxylic acids is 3. The van der Waals surface area contributed by atoms with Gasteiger partial charge in [-0.1, -0.05) is 24.3 Å². The zero-order chi connectivity index (χ0) is 22.2. The normalized spacial score (nSPS) is 13.1. The second-order valence-electron chi connectivity index (χ2n) is 7.21. The van der Waals surface area contributed by atoms with Crippen LogP contribution < -0.4 is 5.32 Å². The lowest BCUT2D eigenvalue weighted by Crippen LogP contribution is -2.40. The summed E-state index contributed by atoms with van der Waals surface area (Å²) in [6.07, 6.45) is 0.472. The van der Waals surface area contributed by atoms with Crippen LogP contribution in [0.1, 0.15) is 26.4 Å². The summed E-state index contributed by atoms with van der Waals surface area (Å²) in [7, 11) is 0. The number of hydrogen-bond donors (Lipinski definition) is 1. The molecule has 32 heavy (non-hydrogen) atoms. The van der Waals surface area contributed by atoms with Gasteiger partial charge in [0.05, 0.1) is 16.8 Å². The molecular formula is C22H16FN5O3S. The highest BCUT2D eigenvalue weighted by Crippen LogP contribution is 2.23. The molecule has 1 N–H and O–H groups in total. The Hall–Kier alpha value is -3.92. The van der Waals surface area contributed by atoms with E-state index in [4.69, 9.17) is 0 Å². The molecule has 0 aliphatic carbocycles. The molecule has 5 rings (SSSR count). The van der Waals surface area contributed by atoms with Crippen molar-refractivity contribution in [3.8, 4) is 11.4 Å². The molecule has 0 saturated heterocycles. The maximum Gasteiger partial charge on any atom is 0.262 e. The molecule has 4 aromatic rings. The van der Waals surface area contributed by atoms with Crippen molar-refractivity contribution in [2.45, 2.75) is 6.42 Å². The van der Waals surface area contributed by atoms with Crippen LogP contribution in [0.25, 0.3) is 16.3 Å². The summed E-state index contributed by atoms with van der Waals surface area (Å²) in [6.45, 7) is -0.0402. The Morgan fingerprint density at radius 1 is 1.06 bits per heavy atom. The minimum Gasteiger partial charge on any atom is -0.354 e. The SMILES string of the molecule is O=C(CN1C(=O)c2ccccc2C1=O)NCCc1csc2nc(-c3cccc(F)c3)nn12. The van der Waals surface area contributed by atoms with Crippen LogP contribution in [-0.2, 0) is 11.2 Å². The van der Waals surface area contributed by atoms with Gasteiger partial charge in [-0.15, -0.1) is 16.4 Å². The first-order valence-corrected chi connectivity index (χ1v) is 10.7. The van der Waals surface area contributed by atoms with Gasteiger partial charge < -0.3 is 5.32 Å². The van der Waals surface area contributed by atoms with Gasteiger partial charge in [0.15, 0.2) is 5.82 Å². The maximum atomic E-state index is 13.5. The van der Waals surface area contributed by atoms with Crippen molar-refractivity contribution in [2.24, 2.45) is 0 Å². The van der Waals surface area contributed by atoms with Gasteiger partial charge in [-0.2, -0.15) is 4.98 Å². The quantitative estimate of drug-likeness (QED) is 0.457. The lowest BCUT2D eigenvalue weighted by molar-refractivity contribution is -0.121. The summed E-state index contributed by atoms with van der Waals surface area (Å²) in [5.74, 6) is -1.29. The van der Waals surface area contributed by atoms with E-state index in [0.717, 1.165) is 10.6 Å². The smallest absolute Gasteiger partial charge is 0.262 e. The van der Waals surface area contributed by atoms with E-state index in [0.29, 0.717) is 40.4 Å². The predicted molar refractivity (Wildman–Crippen MR) is 115 cm³/mol. The first kappa shape index (κ1) is 20.0. The van der Waals surface area contributed by atoms with Crippen molar-refractivity contribution in [2.75, 3.05) is 13.1 Å². The van der Waals surface area contributed by atoms with Crippen molar-refractivity contribution in [3.63, 3.8) is 0 Å². The highest BCUT2D eigenvalue weighted by Gasteiger charge is 2.36. The lowest BCUT2D eigenvalue weighted by Gasteiger charge is -2.13. The zero-order valence-corrected chi connectivity index (χ0v) is 17.4. The van der Waals surface area contributed by atoms with Crippen molar-refractivity contribution >= 4 is 34.0 Å². The summed E-state index contributed by atoms with van der Waals surface area (Å²) >= 11 is 1.40. The van der Waals surface area contributed by atoms with E-state index in [2.05, 4.69) is 15.4 Å². The van der Waals surface area contributed by atoms with Crippen molar-refractivity contribution in [1.29, 1.82) is 0 Å². The lowest BCUT2D eigenvalue weighted by atomic mass is 10.1. The number of carbonyl (C=O) groups is 3. The van der Waals surface area contributed by atoms with Gasteiger partial charge >= 0.3 is 0 Å². The van der Waals surface area contributed by atoms with Crippen molar-refractivity contribution in [3.05, 3.63) is 76.5 Å². The van der Waals surface area contributed by atoms with Gasteiger partial charge in [0.25, 0.3) is 11.8 Å². The number of amides is 3. The molecule has 0 spiro atoms. The molecule has 2 aromatic heterocycles. The summed E-state index contributed by atoms with van der Waals surface area (Å²) in [5, 5.41) is 9.07. The first-order chi connectivity index (χ1) is 15.5. The molecule has 0 unspecified atom stereocenters. The molecule has 1 aliphatic heterocycles. The Morgan fingerprint density at radius 3 is 2.53 bits per heavy atom. The second kappa shape index (κ2) is 7.97. The molecular weight excluding hydrogens is 433 g/mol. The van der Waals surface area contributed by atoms with E-state index in [1.54, 1.807) is 40.9 Å². The predicted octanol–water partition coefficient (Wildman–Crippen LogP) is 2.55. The Morgan fingerprint density at radius 2 is 1.81 bits per heavy atom. The fraction of sp³-hybridized carbons (Fsp3) is 0.136. The zero-order valence-electron chi connectivity index (χ0n) is 16.6. The van der Waals surface area contributed by atoms with Crippen molar-refractivity contribution in [1.82, 2.24) is 24.8 Å². The first-order valence-electron chi connectivity index (χ1n) is 9.82. The van der Waals surface area contributed by atoms with E-state index in [9.17, 15) is 18.8 Å². The van der Waals surface area contributed by atoms with Crippen LogP contribution in [0.2, 0.25) is 0 Å². The minimum atomic E-state index is -0.465. The molecule has 8 nitrogen and oxygen atoms in total. The van der Waals surface area contributed by atoms with Gasteiger partial charge in [0.1, 0.15) is 12.4 Å². The standard InChI is InChI=1S/C22H16FN5O3S/c23-14-5-3-4-13(10-14)19-25-22-28(26-19)15(12-32-22)8-9-24-18(29)11-27-20(30)16-6-1-2-7-17(16)21(27)31/h1-7,10,12H,8-9,11H2,(H,24,29). The number of rotatable bonds is 6. The van der Waals surface area contributed by atoms with E-state index >= 15 is 0 Å². The molecule has 10 heteroatoms. The Kier molecular flexibility index (Phi) is 4.98. The molecule has 160 valence electrons. The molecule has 3 heterocycles. The molecule has 0 radical (unpaired) electrons. The molecule has 0 fully saturated rings. The number of imide groups is 1. The van der Waals surface area contributed by atoms with Crippen LogP contribution in [0.3, 0.4) is 0 Å². The summed E-state index contributed by atoms with van der Waals surface area (Å²) in [6, 6.07) is 12.6. The molecule has 0 bridgehead atoms. The average molecular weight is 449 g/mol. The third-order valence-corrected chi connectivity index (χ3v) is 5.98. The Bertz CT molecular complexity index is 1340. The summed E-state index contributed by atoms with van der Waals surface area (Å²) in [5.41, 5.74) is 2.04. The van der Waals surface area contributed by atoms with E-state index < -0.39 is 17.7 Å².